The highest BCUT2D eigenvalue weighted by molar-refractivity contribution is 5.79. The maximum absolute atomic E-state index is 12.6. The number of ether oxygens (including phenoxy) is 2. The number of aromatic nitrogens is 2. The van der Waals surface area contributed by atoms with Crippen molar-refractivity contribution in [3.8, 4) is 23.0 Å². The fraction of sp³-hybridized carbons (Fsp3) is 0.348. The second kappa shape index (κ2) is 8.57. The van der Waals surface area contributed by atoms with Crippen molar-refractivity contribution in [2.24, 2.45) is 0 Å². The average molecular weight is 407 g/mol. The summed E-state index contributed by atoms with van der Waals surface area (Å²) in [5.41, 5.74) is 3.12. The van der Waals surface area contributed by atoms with Crippen LogP contribution in [0.2, 0.25) is 0 Å². The zero-order valence-corrected chi connectivity index (χ0v) is 17.4. The molecule has 7 heteroatoms. The Kier molecular flexibility index (Phi) is 5.70. The molecule has 0 bridgehead atoms. The minimum absolute atomic E-state index is 0.0773. The fourth-order valence-corrected chi connectivity index (χ4v) is 3.70. The smallest absolute Gasteiger partial charge is 0.257 e. The van der Waals surface area contributed by atoms with Crippen molar-refractivity contribution in [2.75, 3.05) is 20.8 Å². The molecule has 1 aliphatic rings. The van der Waals surface area contributed by atoms with Crippen LogP contribution in [-0.2, 0) is 17.8 Å². The van der Waals surface area contributed by atoms with E-state index in [0.717, 1.165) is 17.5 Å². The SMILES string of the molecule is CCc1ccc(-c2nc(C3CC(=O)N(Cc4ccc(OC)c(OC)c4)C3)no2)cc1. The Balaban J connectivity index is 1.45. The summed E-state index contributed by atoms with van der Waals surface area (Å²) < 4.78 is 16.1. The van der Waals surface area contributed by atoms with E-state index in [-0.39, 0.29) is 11.8 Å². The molecule has 3 aromatic rings. The summed E-state index contributed by atoms with van der Waals surface area (Å²) in [5.74, 6) is 2.37. The van der Waals surface area contributed by atoms with Gasteiger partial charge in [-0.2, -0.15) is 4.98 Å². The van der Waals surface area contributed by atoms with Gasteiger partial charge in [-0.05, 0) is 41.8 Å². The first kappa shape index (κ1) is 19.9. The van der Waals surface area contributed by atoms with Crippen molar-refractivity contribution in [1.29, 1.82) is 0 Å². The Bertz CT molecular complexity index is 1030. The first-order valence-corrected chi connectivity index (χ1v) is 10.0. The second-order valence-electron chi connectivity index (χ2n) is 7.37. The predicted octanol–water partition coefficient (Wildman–Crippen LogP) is 3.83. The number of carbonyl (C=O) groups excluding carboxylic acids is 1. The van der Waals surface area contributed by atoms with Gasteiger partial charge in [-0.25, -0.2) is 0 Å². The predicted molar refractivity (Wildman–Crippen MR) is 111 cm³/mol. The first-order valence-electron chi connectivity index (χ1n) is 10.0. The molecule has 4 rings (SSSR count). The van der Waals surface area contributed by atoms with Crippen LogP contribution in [0.3, 0.4) is 0 Å². The number of carbonyl (C=O) groups is 1. The average Bonchev–Trinajstić information content (AvgIpc) is 3.41. The minimum Gasteiger partial charge on any atom is -0.493 e. The zero-order valence-electron chi connectivity index (χ0n) is 17.4. The van der Waals surface area contributed by atoms with Crippen LogP contribution in [0.5, 0.6) is 11.5 Å². The van der Waals surface area contributed by atoms with Crippen molar-refractivity contribution in [3.05, 3.63) is 59.4 Å². The van der Waals surface area contributed by atoms with Gasteiger partial charge in [0.05, 0.1) is 14.2 Å². The van der Waals surface area contributed by atoms with Crippen LogP contribution >= 0.6 is 0 Å². The third kappa shape index (κ3) is 4.01. The second-order valence-corrected chi connectivity index (χ2v) is 7.37. The molecule has 156 valence electrons. The number of likely N-dealkylation sites (tertiary alicyclic amines) is 1. The van der Waals surface area contributed by atoms with E-state index >= 15 is 0 Å². The molecular weight excluding hydrogens is 382 g/mol. The maximum atomic E-state index is 12.6. The Labute approximate surface area is 175 Å². The molecule has 1 aromatic heterocycles. The summed E-state index contributed by atoms with van der Waals surface area (Å²) in [6.07, 6.45) is 1.36. The quantitative estimate of drug-likeness (QED) is 0.592. The molecule has 1 fully saturated rings. The van der Waals surface area contributed by atoms with Crippen LogP contribution in [0.25, 0.3) is 11.5 Å². The van der Waals surface area contributed by atoms with Gasteiger partial charge in [-0.1, -0.05) is 30.3 Å². The van der Waals surface area contributed by atoms with Gasteiger partial charge in [0.1, 0.15) is 0 Å². The van der Waals surface area contributed by atoms with E-state index < -0.39 is 0 Å². The molecular formula is C23H25N3O4. The fourth-order valence-electron chi connectivity index (χ4n) is 3.70. The maximum Gasteiger partial charge on any atom is 0.257 e. The lowest BCUT2D eigenvalue weighted by molar-refractivity contribution is -0.128. The Morgan fingerprint density at radius 1 is 1.07 bits per heavy atom. The molecule has 0 spiro atoms. The van der Waals surface area contributed by atoms with Crippen LogP contribution in [0.4, 0.5) is 0 Å². The van der Waals surface area contributed by atoms with Crippen LogP contribution in [0.1, 0.15) is 36.2 Å². The number of rotatable bonds is 7. The number of nitrogens with zero attached hydrogens (tertiary/aromatic N) is 3. The highest BCUT2D eigenvalue weighted by Crippen LogP contribution is 2.32. The Hall–Kier alpha value is -3.35. The van der Waals surface area contributed by atoms with Gasteiger partial charge in [-0.15, -0.1) is 0 Å². The van der Waals surface area contributed by atoms with Gasteiger partial charge in [-0.3, -0.25) is 4.79 Å². The molecule has 1 amide bonds. The number of benzene rings is 2. The first-order chi connectivity index (χ1) is 14.6. The third-order valence-corrected chi connectivity index (χ3v) is 5.45. The topological polar surface area (TPSA) is 77.7 Å². The summed E-state index contributed by atoms with van der Waals surface area (Å²) in [6, 6.07) is 13.8. The molecule has 7 nitrogen and oxygen atoms in total. The summed E-state index contributed by atoms with van der Waals surface area (Å²) in [4.78, 5) is 18.9. The lowest BCUT2D eigenvalue weighted by Crippen LogP contribution is -2.24. The van der Waals surface area contributed by atoms with Crippen molar-refractivity contribution < 1.29 is 18.8 Å². The van der Waals surface area contributed by atoms with Gasteiger partial charge in [0.2, 0.25) is 5.91 Å². The summed E-state index contributed by atoms with van der Waals surface area (Å²) >= 11 is 0. The standard InChI is InChI=1S/C23H25N3O4/c1-4-15-5-8-17(9-6-15)23-24-22(25-30-23)18-12-21(27)26(14-18)13-16-7-10-19(28-2)20(11-16)29-3/h5-11,18H,4,12-14H2,1-3H3. The molecule has 2 heterocycles. The Morgan fingerprint density at radius 2 is 1.80 bits per heavy atom. The normalized spacial score (nSPS) is 16.2. The van der Waals surface area contributed by atoms with E-state index in [1.54, 1.807) is 14.2 Å². The van der Waals surface area contributed by atoms with Crippen LogP contribution in [-0.4, -0.2) is 41.7 Å². The van der Waals surface area contributed by atoms with E-state index in [9.17, 15) is 4.79 Å². The lowest BCUT2D eigenvalue weighted by atomic mass is 10.1. The number of amides is 1. The van der Waals surface area contributed by atoms with Gasteiger partial charge in [0.25, 0.3) is 5.89 Å². The van der Waals surface area contributed by atoms with Gasteiger partial charge < -0.3 is 18.9 Å². The molecule has 1 atom stereocenters. The van der Waals surface area contributed by atoms with Crippen molar-refractivity contribution in [3.63, 3.8) is 0 Å². The van der Waals surface area contributed by atoms with E-state index in [2.05, 4.69) is 29.2 Å². The monoisotopic (exact) mass is 407 g/mol. The molecule has 2 aromatic carbocycles. The van der Waals surface area contributed by atoms with Crippen LogP contribution < -0.4 is 9.47 Å². The Morgan fingerprint density at radius 3 is 2.50 bits per heavy atom. The highest BCUT2D eigenvalue weighted by Gasteiger charge is 2.34. The zero-order chi connectivity index (χ0) is 21.1. The number of hydrogen-bond acceptors (Lipinski definition) is 6. The molecule has 1 aliphatic heterocycles. The number of aryl methyl sites for hydroxylation is 1. The van der Waals surface area contributed by atoms with E-state index in [1.165, 1.54) is 5.56 Å². The van der Waals surface area contributed by atoms with E-state index in [0.29, 0.717) is 42.7 Å². The summed E-state index contributed by atoms with van der Waals surface area (Å²) in [5, 5.41) is 4.14. The van der Waals surface area contributed by atoms with Gasteiger partial charge >= 0.3 is 0 Å². The van der Waals surface area contributed by atoms with Crippen molar-refractivity contribution in [1.82, 2.24) is 15.0 Å². The summed E-state index contributed by atoms with van der Waals surface area (Å²) in [7, 11) is 3.20. The largest absolute Gasteiger partial charge is 0.493 e. The van der Waals surface area contributed by atoms with Crippen LogP contribution in [0, 0.1) is 0 Å². The number of hydrogen-bond donors (Lipinski definition) is 0. The molecule has 0 aliphatic carbocycles. The van der Waals surface area contributed by atoms with Crippen LogP contribution in [0.15, 0.2) is 47.0 Å². The molecule has 1 unspecified atom stereocenters. The third-order valence-electron chi connectivity index (χ3n) is 5.45. The molecule has 30 heavy (non-hydrogen) atoms. The van der Waals surface area contributed by atoms with Crippen molar-refractivity contribution in [2.45, 2.75) is 32.2 Å². The highest BCUT2D eigenvalue weighted by atomic mass is 16.5. The molecule has 0 radical (unpaired) electrons. The van der Waals surface area contributed by atoms with Gasteiger partial charge in [0.15, 0.2) is 17.3 Å². The van der Waals surface area contributed by atoms with Gasteiger partial charge in [0, 0.05) is 31.0 Å². The van der Waals surface area contributed by atoms with E-state index in [1.807, 2.05) is 35.2 Å². The minimum atomic E-state index is -0.0786. The molecule has 0 N–H and O–H groups in total. The molecule has 0 saturated carbocycles. The number of methoxy groups -OCH3 is 2. The van der Waals surface area contributed by atoms with Crippen molar-refractivity contribution >= 4 is 5.91 Å². The lowest BCUT2D eigenvalue weighted by Gasteiger charge is -2.17. The van der Waals surface area contributed by atoms with E-state index in [4.69, 9.17) is 14.0 Å². The molecule has 1 saturated heterocycles. The summed E-state index contributed by atoms with van der Waals surface area (Å²) in [6.45, 7) is 3.17.